The van der Waals surface area contributed by atoms with Gasteiger partial charge in [0.1, 0.15) is 16.6 Å². The lowest BCUT2D eigenvalue weighted by molar-refractivity contribution is 0.0908. The minimum absolute atomic E-state index is 0.0846. The van der Waals surface area contributed by atoms with Gasteiger partial charge in [-0.15, -0.1) is 0 Å². The highest BCUT2D eigenvalue weighted by Gasteiger charge is 2.34. The van der Waals surface area contributed by atoms with Gasteiger partial charge in [-0.1, -0.05) is 18.2 Å². The standard InChI is InChI=1S/C26H26FN3O4S.C8H8N2O2S/c1-25(2,15-10-11-22(28-14-15)26(3,4)35(5,33)34)30-24(32)17-13-21-18(12-19(17)27)23(31)16-8-6-7-9-20(16)29-21;1-13(11,12)6-8-3-2-7(4-9)5-10-8/h6-14H,1-5H3,(H,29,31)(H,30,32);2-3,5H,6H2,1H3. The van der Waals surface area contributed by atoms with Crippen molar-refractivity contribution < 1.29 is 26.0 Å². The van der Waals surface area contributed by atoms with Crippen LogP contribution in [0, 0.1) is 17.1 Å². The summed E-state index contributed by atoms with van der Waals surface area (Å²) in [5, 5.41) is 11.9. The van der Waals surface area contributed by atoms with E-state index in [9.17, 15) is 30.8 Å². The average Bonchev–Trinajstić information content (AvgIpc) is 3.00. The van der Waals surface area contributed by atoms with E-state index >= 15 is 0 Å². The highest BCUT2D eigenvalue weighted by atomic mass is 32.2. The molecule has 3 aromatic heterocycles. The van der Waals surface area contributed by atoms with Gasteiger partial charge in [-0.05, 0) is 75.7 Å². The number of fused-ring (bicyclic) bond motifs is 2. The predicted octanol–water partition coefficient (Wildman–Crippen LogP) is 4.66. The number of nitrogens with zero attached hydrogens (tertiary/aromatic N) is 3. The highest BCUT2D eigenvalue weighted by Crippen LogP contribution is 2.29. The Morgan fingerprint density at radius 1 is 0.917 bits per heavy atom. The Hall–Kier alpha value is -5.00. The first-order chi connectivity index (χ1) is 22.2. The molecule has 0 radical (unpaired) electrons. The number of hydrogen-bond donors (Lipinski definition) is 2. The minimum Gasteiger partial charge on any atom is -0.354 e. The molecule has 0 aliphatic heterocycles. The zero-order valence-electron chi connectivity index (χ0n) is 27.1. The Morgan fingerprint density at radius 2 is 1.60 bits per heavy atom. The third-order valence-electron chi connectivity index (χ3n) is 7.86. The van der Waals surface area contributed by atoms with Crippen LogP contribution < -0.4 is 10.7 Å². The van der Waals surface area contributed by atoms with Crippen LogP contribution in [0.4, 0.5) is 4.39 Å². The van der Waals surface area contributed by atoms with Crippen LogP contribution in [0.2, 0.25) is 0 Å². The lowest BCUT2D eigenvalue weighted by atomic mass is 9.94. The van der Waals surface area contributed by atoms with Gasteiger partial charge in [0.2, 0.25) is 0 Å². The van der Waals surface area contributed by atoms with Crippen LogP contribution in [0.5, 0.6) is 0 Å². The van der Waals surface area contributed by atoms with Gasteiger partial charge in [-0.25, -0.2) is 21.2 Å². The van der Waals surface area contributed by atoms with Gasteiger partial charge in [0.25, 0.3) is 5.91 Å². The molecule has 1 amide bonds. The van der Waals surface area contributed by atoms with E-state index in [1.54, 1.807) is 76.2 Å². The predicted molar refractivity (Wildman–Crippen MR) is 182 cm³/mol. The number of nitrogens with one attached hydrogen (secondary N) is 2. The molecule has 250 valence electrons. The minimum atomic E-state index is -3.40. The molecule has 2 N–H and O–H groups in total. The molecular formula is C34H34FN5O6S2. The van der Waals surface area contributed by atoms with Gasteiger partial charge in [0.05, 0.1) is 39.3 Å². The zero-order chi connectivity index (χ0) is 35.7. The van der Waals surface area contributed by atoms with Crippen molar-refractivity contribution in [3.63, 3.8) is 0 Å². The van der Waals surface area contributed by atoms with E-state index in [-0.39, 0.29) is 22.1 Å². The van der Waals surface area contributed by atoms with E-state index in [2.05, 4.69) is 20.3 Å². The van der Waals surface area contributed by atoms with Crippen molar-refractivity contribution in [3.05, 3.63) is 117 Å². The van der Waals surface area contributed by atoms with Crippen molar-refractivity contribution >= 4 is 47.4 Å². The number of sulfone groups is 2. The first-order valence-corrected chi connectivity index (χ1v) is 18.4. The number of pyridine rings is 3. The molecule has 0 bridgehead atoms. The molecule has 0 saturated carbocycles. The summed E-state index contributed by atoms with van der Waals surface area (Å²) in [6, 6.07) is 17.6. The maximum Gasteiger partial charge on any atom is 0.255 e. The largest absolute Gasteiger partial charge is 0.354 e. The molecule has 0 saturated heterocycles. The lowest BCUT2D eigenvalue weighted by Crippen LogP contribution is -2.41. The monoisotopic (exact) mass is 691 g/mol. The molecular weight excluding hydrogens is 658 g/mol. The fraction of sp³-hybridized carbons (Fsp3) is 0.265. The van der Waals surface area contributed by atoms with Crippen molar-refractivity contribution in [3.8, 4) is 6.07 Å². The summed E-state index contributed by atoms with van der Waals surface area (Å²) in [4.78, 5) is 37.1. The zero-order valence-corrected chi connectivity index (χ0v) is 28.8. The maximum absolute atomic E-state index is 14.9. The second kappa shape index (κ2) is 13.2. The number of hydrogen-bond acceptors (Lipinski definition) is 9. The molecule has 0 unspecified atom stereocenters. The number of carbonyl (C=O) groups excluding carboxylic acids is 1. The molecule has 0 spiro atoms. The third-order valence-corrected chi connectivity index (χ3v) is 10.7. The van der Waals surface area contributed by atoms with Gasteiger partial charge in [-0.3, -0.25) is 19.6 Å². The molecule has 2 aromatic carbocycles. The Balaban J connectivity index is 0.000000336. The maximum atomic E-state index is 14.9. The molecule has 5 aromatic rings. The van der Waals surface area contributed by atoms with Gasteiger partial charge in [0, 0.05) is 41.2 Å². The normalized spacial score (nSPS) is 12.2. The number of benzene rings is 2. The van der Waals surface area contributed by atoms with Crippen LogP contribution in [-0.4, -0.2) is 50.2 Å². The third kappa shape index (κ3) is 7.92. The fourth-order valence-corrected chi connectivity index (χ4v) is 5.91. The van der Waals surface area contributed by atoms with Crippen molar-refractivity contribution in [2.75, 3.05) is 12.5 Å². The summed E-state index contributed by atoms with van der Waals surface area (Å²) < 4.78 is 59.7. The van der Waals surface area contributed by atoms with E-state index in [0.717, 1.165) is 18.6 Å². The van der Waals surface area contributed by atoms with Gasteiger partial charge in [-0.2, -0.15) is 5.26 Å². The van der Waals surface area contributed by atoms with Gasteiger partial charge in [0.15, 0.2) is 25.1 Å². The van der Waals surface area contributed by atoms with Crippen molar-refractivity contribution in [2.24, 2.45) is 0 Å². The number of H-pyrrole nitrogens is 1. The van der Waals surface area contributed by atoms with E-state index in [0.29, 0.717) is 38.9 Å². The van der Waals surface area contributed by atoms with Crippen LogP contribution in [0.1, 0.15) is 60.6 Å². The number of halogens is 1. The summed E-state index contributed by atoms with van der Waals surface area (Å²) in [5.74, 6) is -1.56. The fourth-order valence-electron chi connectivity index (χ4n) is 4.70. The Labute approximate surface area is 277 Å². The highest BCUT2D eigenvalue weighted by molar-refractivity contribution is 7.91. The number of rotatable bonds is 7. The van der Waals surface area contributed by atoms with Crippen LogP contribution in [0.3, 0.4) is 0 Å². The molecule has 0 fully saturated rings. The van der Waals surface area contributed by atoms with Crippen LogP contribution in [0.25, 0.3) is 21.8 Å². The number of para-hydroxylation sites is 1. The Morgan fingerprint density at radius 3 is 2.17 bits per heavy atom. The molecule has 14 heteroatoms. The second-order valence-electron chi connectivity index (χ2n) is 12.4. The number of aromatic amines is 1. The number of carbonyl (C=O) groups is 1. The van der Waals surface area contributed by atoms with E-state index < -0.39 is 41.7 Å². The number of aromatic nitrogens is 3. The van der Waals surface area contributed by atoms with Crippen LogP contribution in [0.15, 0.2) is 77.9 Å². The SMILES string of the molecule is CC(C)(NC(=O)c1cc2[nH]c3ccccc3c(=O)c2cc1F)c1ccc(C(C)(C)S(C)(=O)=O)nc1.CS(=O)(=O)Cc1ccc(C#N)cn1. The molecule has 0 atom stereocenters. The summed E-state index contributed by atoms with van der Waals surface area (Å²) in [5.41, 5.74) is 1.35. The Kier molecular flexibility index (Phi) is 9.89. The first kappa shape index (κ1) is 35.8. The summed E-state index contributed by atoms with van der Waals surface area (Å²) >= 11 is 0. The van der Waals surface area contributed by atoms with Crippen molar-refractivity contribution in [1.29, 1.82) is 5.26 Å². The first-order valence-electron chi connectivity index (χ1n) is 14.5. The van der Waals surface area contributed by atoms with E-state index in [4.69, 9.17) is 5.26 Å². The topological polar surface area (TPSA) is 180 Å². The molecule has 0 aliphatic rings. The number of nitriles is 1. The summed E-state index contributed by atoms with van der Waals surface area (Å²) in [7, 11) is -6.44. The van der Waals surface area contributed by atoms with E-state index in [1.165, 1.54) is 18.5 Å². The summed E-state index contributed by atoms with van der Waals surface area (Å²) in [6.45, 7) is 6.62. The van der Waals surface area contributed by atoms with E-state index in [1.807, 2.05) is 6.07 Å². The molecule has 0 aliphatic carbocycles. The Bertz CT molecular complexity index is 2350. The van der Waals surface area contributed by atoms with Crippen LogP contribution in [-0.2, 0) is 35.7 Å². The molecule has 3 heterocycles. The smallest absolute Gasteiger partial charge is 0.255 e. The molecule has 48 heavy (non-hydrogen) atoms. The van der Waals surface area contributed by atoms with Gasteiger partial charge < -0.3 is 10.3 Å². The van der Waals surface area contributed by atoms with Crippen LogP contribution >= 0.6 is 0 Å². The van der Waals surface area contributed by atoms with Crippen molar-refractivity contribution in [1.82, 2.24) is 20.3 Å². The average molecular weight is 692 g/mol. The van der Waals surface area contributed by atoms with Crippen molar-refractivity contribution in [2.45, 2.75) is 43.7 Å². The quantitative estimate of drug-likeness (QED) is 0.230. The summed E-state index contributed by atoms with van der Waals surface area (Å²) in [6.07, 6.45) is 5.16. The lowest BCUT2D eigenvalue weighted by Gasteiger charge is -2.28. The van der Waals surface area contributed by atoms with Gasteiger partial charge >= 0.3 is 0 Å². The molecule has 5 rings (SSSR count). The molecule has 11 nitrogen and oxygen atoms in total. The number of amides is 1. The second-order valence-corrected chi connectivity index (χ2v) is 17.1.